The number of allylic oxidation sites excluding steroid dienone is 2. The van der Waals surface area contributed by atoms with Crippen molar-refractivity contribution in [2.75, 3.05) is 51.0 Å². The lowest BCUT2D eigenvalue weighted by Crippen LogP contribution is -2.40. The zero-order chi connectivity index (χ0) is 30.7. The molecule has 2 aliphatic heterocycles. The standard InChI is InChI=1S/C32H43N7O4/c1-32(2,22-39(3)4)21-34-28(40)26-16-13-24-19-27(26)43-18-10-8-6-5-7-9-17-42-25-14-11-23(12-15-25)20-33-29-36-30(35-24)38-31(41)37-29/h5-6,11-16,19H,7-10,17-18,20-22H2,1-4H3,(H,34,40)(H3,33,35,36,37,38,41)/b6-5+. The Morgan fingerprint density at radius 1 is 0.977 bits per heavy atom. The summed E-state index contributed by atoms with van der Waals surface area (Å²) in [5.41, 5.74) is 1.95. The molecule has 5 rings (SSSR count). The molecular formula is C32H43N7O4. The normalized spacial score (nSPS) is 15.4. The summed E-state index contributed by atoms with van der Waals surface area (Å²) in [7, 11) is 4.04. The number of anilines is 3. The third kappa shape index (κ3) is 10.4. The van der Waals surface area contributed by atoms with Crippen molar-refractivity contribution in [3.05, 3.63) is 65.7 Å². The van der Waals surface area contributed by atoms with Crippen molar-refractivity contribution in [1.82, 2.24) is 25.2 Å². The summed E-state index contributed by atoms with van der Waals surface area (Å²) >= 11 is 0. The Morgan fingerprint density at radius 2 is 1.67 bits per heavy atom. The Hall–Kier alpha value is -4.38. The van der Waals surface area contributed by atoms with E-state index in [2.05, 4.69) is 61.8 Å². The molecule has 0 aliphatic carbocycles. The molecule has 43 heavy (non-hydrogen) atoms. The number of carbonyl (C=O) groups is 1. The van der Waals surface area contributed by atoms with Crippen molar-refractivity contribution in [2.24, 2.45) is 5.41 Å². The molecule has 4 N–H and O–H groups in total. The minimum absolute atomic E-state index is 0.103. The van der Waals surface area contributed by atoms with Crippen LogP contribution >= 0.6 is 0 Å². The first-order valence-corrected chi connectivity index (χ1v) is 14.7. The van der Waals surface area contributed by atoms with E-state index in [-0.39, 0.29) is 23.2 Å². The maximum absolute atomic E-state index is 13.3. The van der Waals surface area contributed by atoms with Crippen LogP contribution in [0.5, 0.6) is 17.5 Å². The van der Waals surface area contributed by atoms with Crippen LogP contribution in [0.3, 0.4) is 0 Å². The van der Waals surface area contributed by atoms with Gasteiger partial charge in [-0.15, -0.1) is 0 Å². The maximum Gasteiger partial charge on any atom is 0.320 e. The molecule has 2 aliphatic rings. The van der Waals surface area contributed by atoms with Gasteiger partial charge in [0.2, 0.25) is 11.9 Å². The van der Waals surface area contributed by atoms with Crippen LogP contribution in [0.2, 0.25) is 0 Å². The van der Waals surface area contributed by atoms with E-state index in [4.69, 9.17) is 9.47 Å². The number of nitrogens with one attached hydrogen (secondary N) is 3. The summed E-state index contributed by atoms with van der Waals surface area (Å²) in [4.78, 5) is 27.8. The average Bonchev–Trinajstić information content (AvgIpc) is 2.95. The van der Waals surface area contributed by atoms with E-state index in [9.17, 15) is 9.90 Å². The van der Waals surface area contributed by atoms with Crippen LogP contribution in [-0.4, -0.2) is 71.3 Å². The fourth-order valence-corrected chi connectivity index (χ4v) is 4.76. The van der Waals surface area contributed by atoms with Crippen molar-refractivity contribution in [2.45, 2.75) is 46.1 Å². The van der Waals surface area contributed by atoms with Gasteiger partial charge in [-0.1, -0.05) is 38.1 Å². The fourth-order valence-electron chi connectivity index (χ4n) is 4.76. The van der Waals surface area contributed by atoms with E-state index in [1.54, 1.807) is 18.2 Å². The lowest BCUT2D eigenvalue weighted by Gasteiger charge is -2.28. The summed E-state index contributed by atoms with van der Waals surface area (Å²) in [6, 6.07) is 12.6. The number of hydrogen-bond donors (Lipinski definition) is 4. The second-order valence-electron chi connectivity index (χ2n) is 11.7. The summed E-state index contributed by atoms with van der Waals surface area (Å²) < 4.78 is 12.0. The van der Waals surface area contributed by atoms with E-state index in [1.165, 1.54) is 0 Å². The molecule has 6 bridgehead atoms. The van der Waals surface area contributed by atoms with Gasteiger partial charge in [-0.2, -0.15) is 15.0 Å². The van der Waals surface area contributed by atoms with Gasteiger partial charge in [0.15, 0.2) is 0 Å². The second-order valence-corrected chi connectivity index (χ2v) is 11.7. The molecule has 0 fully saturated rings. The molecule has 0 atom stereocenters. The molecule has 0 spiro atoms. The number of aromatic nitrogens is 3. The lowest BCUT2D eigenvalue weighted by atomic mass is 9.93. The predicted octanol–water partition coefficient (Wildman–Crippen LogP) is 5.14. The van der Waals surface area contributed by atoms with Gasteiger partial charge in [-0.05, 0) is 75.0 Å². The first kappa shape index (κ1) is 31.6. The summed E-state index contributed by atoms with van der Waals surface area (Å²) in [5.74, 6) is 1.43. The zero-order valence-electron chi connectivity index (χ0n) is 25.5. The van der Waals surface area contributed by atoms with Crippen LogP contribution in [0.15, 0.2) is 54.6 Å². The molecule has 0 unspecified atom stereocenters. The maximum atomic E-state index is 13.3. The first-order valence-electron chi connectivity index (χ1n) is 14.7. The van der Waals surface area contributed by atoms with Crippen molar-refractivity contribution < 1.29 is 19.4 Å². The van der Waals surface area contributed by atoms with Gasteiger partial charge in [0.1, 0.15) is 11.5 Å². The minimum atomic E-state index is -0.421. The highest BCUT2D eigenvalue weighted by Gasteiger charge is 2.22. The van der Waals surface area contributed by atoms with E-state index < -0.39 is 6.01 Å². The molecule has 11 heteroatoms. The molecule has 0 saturated heterocycles. The van der Waals surface area contributed by atoms with Crippen LogP contribution in [-0.2, 0) is 6.54 Å². The molecule has 3 aromatic rings. The molecule has 230 valence electrons. The van der Waals surface area contributed by atoms with E-state index in [1.807, 2.05) is 38.4 Å². The van der Waals surface area contributed by atoms with Gasteiger partial charge in [0.25, 0.3) is 5.91 Å². The minimum Gasteiger partial charge on any atom is -0.494 e. The molecular weight excluding hydrogens is 546 g/mol. The largest absolute Gasteiger partial charge is 0.494 e. The van der Waals surface area contributed by atoms with Gasteiger partial charge < -0.3 is 35.4 Å². The van der Waals surface area contributed by atoms with Crippen molar-refractivity contribution in [1.29, 1.82) is 0 Å². The van der Waals surface area contributed by atoms with Crippen molar-refractivity contribution in [3.8, 4) is 17.5 Å². The van der Waals surface area contributed by atoms with E-state index in [0.29, 0.717) is 43.3 Å². The van der Waals surface area contributed by atoms with Crippen molar-refractivity contribution in [3.63, 3.8) is 0 Å². The molecule has 11 nitrogen and oxygen atoms in total. The second kappa shape index (κ2) is 15.2. The molecule has 1 aromatic heterocycles. The third-order valence-electron chi connectivity index (χ3n) is 6.67. The smallest absolute Gasteiger partial charge is 0.320 e. The summed E-state index contributed by atoms with van der Waals surface area (Å²) in [5, 5.41) is 19.5. The predicted molar refractivity (Wildman–Crippen MR) is 168 cm³/mol. The number of hydrogen-bond acceptors (Lipinski definition) is 10. The van der Waals surface area contributed by atoms with E-state index >= 15 is 0 Å². The summed E-state index contributed by atoms with van der Waals surface area (Å²) in [6.07, 6.45) is 7.84. The van der Waals surface area contributed by atoms with Gasteiger partial charge in [0.05, 0.1) is 18.8 Å². The number of aromatic hydroxyl groups is 1. The third-order valence-corrected chi connectivity index (χ3v) is 6.67. The molecule has 1 amide bonds. The highest BCUT2D eigenvalue weighted by atomic mass is 16.5. The Balaban J connectivity index is 1.54. The SMILES string of the molecule is CN(C)CC(C)(C)CNC(=O)c1ccc2cc1OCCC/C=C/CCCOc1ccc(cc1)CNc1nc(O)nc(n1)N2. The number of fused-ring (bicyclic) bond motifs is 11. The fraction of sp³-hybridized carbons (Fsp3) is 0.438. The topological polar surface area (TPSA) is 134 Å². The van der Waals surface area contributed by atoms with Crippen LogP contribution in [0.4, 0.5) is 17.6 Å². The van der Waals surface area contributed by atoms with E-state index in [0.717, 1.165) is 43.5 Å². The van der Waals surface area contributed by atoms with Gasteiger partial charge in [-0.25, -0.2) is 0 Å². The Labute approximate surface area is 253 Å². The Morgan fingerprint density at radius 3 is 2.40 bits per heavy atom. The van der Waals surface area contributed by atoms with Crippen LogP contribution in [0, 0.1) is 5.41 Å². The number of carbonyl (C=O) groups excluding carboxylic acids is 1. The monoisotopic (exact) mass is 589 g/mol. The molecule has 3 heterocycles. The number of benzene rings is 2. The van der Waals surface area contributed by atoms with Gasteiger partial charge in [-0.3, -0.25) is 4.79 Å². The Bertz CT molecular complexity index is 1380. The van der Waals surface area contributed by atoms with Gasteiger partial charge >= 0.3 is 6.01 Å². The summed E-state index contributed by atoms with van der Waals surface area (Å²) in [6.45, 7) is 7.12. The number of nitrogens with zero attached hydrogens (tertiary/aromatic N) is 4. The highest BCUT2D eigenvalue weighted by molar-refractivity contribution is 5.97. The molecule has 0 radical (unpaired) electrons. The van der Waals surface area contributed by atoms with Crippen molar-refractivity contribution >= 4 is 23.5 Å². The quantitative estimate of drug-likeness (QED) is 0.297. The van der Waals surface area contributed by atoms with Gasteiger partial charge in [0, 0.05) is 31.4 Å². The lowest BCUT2D eigenvalue weighted by molar-refractivity contribution is 0.0925. The number of rotatable bonds is 5. The molecule has 0 saturated carbocycles. The number of amides is 1. The zero-order valence-corrected chi connectivity index (χ0v) is 25.5. The van der Waals surface area contributed by atoms with Crippen LogP contribution < -0.4 is 25.4 Å². The Kier molecular flexibility index (Phi) is 11.2. The van der Waals surface area contributed by atoms with Crippen LogP contribution in [0.25, 0.3) is 0 Å². The number of ether oxygens (including phenoxy) is 2. The highest BCUT2D eigenvalue weighted by Crippen LogP contribution is 2.27. The first-order chi connectivity index (χ1) is 20.7. The average molecular weight is 590 g/mol. The molecule has 2 aromatic carbocycles. The van der Waals surface area contributed by atoms with Crippen LogP contribution in [0.1, 0.15) is 55.5 Å².